The van der Waals surface area contributed by atoms with Crippen LogP contribution in [0, 0.1) is 17.7 Å². The molecule has 2 amide bonds. The summed E-state index contributed by atoms with van der Waals surface area (Å²) >= 11 is 5.71. The highest BCUT2D eigenvalue weighted by atomic mass is 35.5. The minimum atomic E-state index is -0.555. The van der Waals surface area contributed by atoms with E-state index in [9.17, 15) is 14.0 Å². The zero-order valence-electron chi connectivity index (χ0n) is 15.0. The molecule has 7 heteroatoms. The number of nitrogens with one attached hydrogen (secondary N) is 2. The Bertz CT molecular complexity index is 872. The minimum Gasteiger partial charge on any atom is -0.489 e. The largest absolute Gasteiger partial charge is 0.489 e. The van der Waals surface area contributed by atoms with Gasteiger partial charge < -0.3 is 15.4 Å². The van der Waals surface area contributed by atoms with Crippen LogP contribution in [0.15, 0.2) is 42.5 Å². The van der Waals surface area contributed by atoms with Gasteiger partial charge in [-0.15, -0.1) is 0 Å². The number of hydrogen-bond acceptors (Lipinski definition) is 3. The van der Waals surface area contributed by atoms with Crippen LogP contribution in [-0.4, -0.2) is 17.9 Å². The molecule has 5 nitrogen and oxygen atoms in total. The fourth-order valence-corrected chi connectivity index (χ4v) is 2.92. The molecule has 1 aliphatic carbocycles. The van der Waals surface area contributed by atoms with Crippen LogP contribution < -0.4 is 15.4 Å². The predicted molar refractivity (Wildman–Crippen MR) is 102 cm³/mol. The number of hydrogen-bond donors (Lipinski definition) is 2. The van der Waals surface area contributed by atoms with E-state index in [1.54, 1.807) is 18.2 Å². The van der Waals surface area contributed by atoms with Crippen LogP contribution in [-0.2, 0) is 9.59 Å². The summed E-state index contributed by atoms with van der Waals surface area (Å²) in [4.78, 5) is 24.8. The smallest absolute Gasteiger partial charge is 0.228 e. The molecule has 2 N–H and O–H groups in total. The van der Waals surface area contributed by atoms with E-state index in [2.05, 4.69) is 10.6 Å². The summed E-state index contributed by atoms with van der Waals surface area (Å²) in [6.45, 7) is 3.81. The summed E-state index contributed by atoms with van der Waals surface area (Å²) < 4.78 is 18.9. The maximum Gasteiger partial charge on any atom is 0.228 e. The first-order valence-electron chi connectivity index (χ1n) is 8.67. The lowest BCUT2D eigenvalue weighted by Crippen LogP contribution is -2.21. The Kier molecular flexibility index (Phi) is 5.65. The number of amides is 2. The number of carbonyl (C=O) groups is 2. The lowest BCUT2D eigenvalue weighted by molar-refractivity contribution is -0.122. The molecule has 0 heterocycles. The molecule has 3 rings (SSSR count). The Balaban J connectivity index is 1.59. The van der Waals surface area contributed by atoms with Gasteiger partial charge in [-0.05, 0) is 50.6 Å². The van der Waals surface area contributed by atoms with Gasteiger partial charge in [0.1, 0.15) is 11.6 Å². The fraction of sp³-hybridized carbons (Fsp3) is 0.300. The first-order chi connectivity index (χ1) is 12.8. The van der Waals surface area contributed by atoms with Gasteiger partial charge in [-0.3, -0.25) is 9.59 Å². The average molecular weight is 391 g/mol. The van der Waals surface area contributed by atoms with Gasteiger partial charge in [0.15, 0.2) is 0 Å². The molecule has 2 aromatic rings. The van der Waals surface area contributed by atoms with Crippen LogP contribution >= 0.6 is 11.6 Å². The van der Waals surface area contributed by atoms with Crippen LogP contribution in [0.25, 0.3) is 0 Å². The highest BCUT2D eigenvalue weighted by Gasteiger charge is 2.48. The van der Waals surface area contributed by atoms with E-state index in [1.807, 2.05) is 19.9 Å². The Morgan fingerprint density at radius 2 is 1.78 bits per heavy atom. The Labute approximate surface area is 161 Å². The third-order valence-electron chi connectivity index (χ3n) is 4.16. The molecular weight excluding hydrogens is 371 g/mol. The summed E-state index contributed by atoms with van der Waals surface area (Å²) in [6, 6.07) is 11.1. The van der Waals surface area contributed by atoms with Gasteiger partial charge >= 0.3 is 0 Å². The number of halogens is 2. The Hall–Kier alpha value is -2.60. The van der Waals surface area contributed by atoms with Gasteiger partial charge in [-0.1, -0.05) is 23.7 Å². The molecule has 1 saturated carbocycles. The Morgan fingerprint density at radius 3 is 2.44 bits per heavy atom. The molecule has 0 radical (unpaired) electrons. The van der Waals surface area contributed by atoms with E-state index in [4.69, 9.17) is 16.3 Å². The highest BCUT2D eigenvalue weighted by molar-refractivity contribution is 6.31. The standard InChI is InChI=1S/C20H20ClFN2O3/c1-11(2)27-18-6-4-3-5-17(18)24-20(26)14-10-13(14)19(25)23-12-7-8-16(22)15(21)9-12/h3-9,11,13-14H,10H2,1-2H3,(H,23,25)(H,24,26). The molecule has 0 aromatic heterocycles. The lowest BCUT2D eigenvalue weighted by atomic mass is 10.2. The van der Waals surface area contributed by atoms with E-state index >= 15 is 0 Å². The summed E-state index contributed by atoms with van der Waals surface area (Å²) in [7, 11) is 0. The monoisotopic (exact) mass is 390 g/mol. The molecule has 2 unspecified atom stereocenters. The molecule has 2 aromatic carbocycles. The number of carbonyl (C=O) groups excluding carboxylic acids is 2. The van der Waals surface area contributed by atoms with E-state index in [0.717, 1.165) is 0 Å². The SMILES string of the molecule is CC(C)Oc1ccccc1NC(=O)C1CC1C(=O)Nc1ccc(F)c(Cl)c1. The molecule has 2 atom stereocenters. The van der Waals surface area contributed by atoms with E-state index < -0.39 is 17.7 Å². The third-order valence-corrected chi connectivity index (χ3v) is 4.45. The molecule has 1 aliphatic rings. The van der Waals surface area contributed by atoms with Gasteiger partial charge in [-0.25, -0.2) is 4.39 Å². The summed E-state index contributed by atoms with van der Waals surface area (Å²) in [5, 5.41) is 5.42. The molecule has 142 valence electrons. The molecular formula is C20H20ClFN2O3. The van der Waals surface area contributed by atoms with E-state index in [0.29, 0.717) is 23.5 Å². The van der Waals surface area contributed by atoms with Crippen LogP contribution in [0.1, 0.15) is 20.3 Å². The van der Waals surface area contributed by atoms with Gasteiger partial charge in [0.05, 0.1) is 28.6 Å². The molecule has 0 aliphatic heterocycles. The number of ether oxygens (including phenoxy) is 1. The van der Waals surface area contributed by atoms with Crippen LogP contribution in [0.4, 0.5) is 15.8 Å². The number of anilines is 2. The van der Waals surface area contributed by atoms with Crippen molar-refractivity contribution in [3.05, 3.63) is 53.3 Å². The van der Waals surface area contributed by atoms with Crippen molar-refractivity contribution in [3.63, 3.8) is 0 Å². The van der Waals surface area contributed by atoms with Crippen molar-refractivity contribution < 1.29 is 18.7 Å². The van der Waals surface area contributed by atoms with Crippen molar-refractivity contribution in [3.8, 4) is 5.75 Å². The first kappa shape index (κ1) is 19.2. The molecule has 27 heavy (non-hydrogen) atoms. The molecule has 0 spiro atoms. The van der Waals surface area contributed by atoms with Gasteiger partial charge in [0.2, 0.25) is 11.8 Å². The molecule has 1 fully saturated rings. The van der Waals surface area contributed by atoms with Crippen LogP contribution in [0.3, 0.4) is 0 Å². The van der Waals surface area contributed by atoms with Crippen molar-refractivity contribution >= 4 is 34.8 Å². The minimum absolute atomic E-state index is 0.0231. The van der Waals surface area contributed by atoms with Crippen molar-refractivity contribution in [1.82, 2.24) is 0 Å². The number of benzene rings is 2. The lowest BCUT2D eigenvalue weighted by Gasteiger charge is -2.14. The van der Waals surface area contributed by atoms with Gasteiger partial charge in [0.25, 0.3) is 0 Å². The maximum absolute atomic E-state index is 13.2. The zero-order valence-corrected chi connectivity index (χ0v) is 15.7. The first-order valence-corrected chi connectivity index (χ1v) is 9.05. The van der Waals surface area contributed by atoms with Crippen molar-refractivity contribution in [2.24, 2.45) is 11.8 Å². The van der Waals surface area contributed by atoms with Gasteiger partial charge in [-0.2, -0.15) is 0 Å². The van der Waals surface area contributed by atoms with Gasteiger partial charge in [0, 0.05) is 5.69 Å². The number of para-hydroxylation sites is 2. The van der Waals surface area contributed by atoms with Crippen molar-refractivity contribution in [1.29, 1.82) is 0 Å². The average Bonchev–Trinajstić information content (AvgIpc) is 3.40. The zero-order chi connectivity index (χ0) is 19.6. The maximum atomic E-state index is 13.2. The number of rotatable bonds is 6. The quantitative estimate of drug-likeness (QED) is 0.764. The second-order valence-electron chi connectivity index (χ2n) is 6.72. The predicted octanol–water partition coefficient (Wildman–Crippen LogP) is 4.48. The van der Waals surface area contributed by atoms with E-state index in [1.165, 1.54) is 18.2 Å². The summed E-state index contributed by atoms with van der Waals surface area (Å²) in [6.07, 6.45) is 0.435. The summed E-state index contributed by atoms with van der Waals surface area (Å²) in [5.74, 6) is -1.32. The third kappa shape index (κ3) is 4.77. The van der Waals surface area contributed by atoms with Crippen molar-refractivity contribution in [2.45, 2.75) is 26.4 Å². The normalized spacial score (nSPS) is 18.1. The topological polar surface area (TPSA) is 67.4 Å². The van der Waals surface area contributed by atoms with Crippen LogP contribution in [0.2, 0.25) is 5.02 Å². The summed E-state index contributed by atoms with van der Waals surface area (Å²) in [5.41, 5.74) is 0.973. The van der Waals surface area contributed by atoms with Crippen LogP contribution in [0.5, 0.6) is 5.75 Å². The molecule has 0 bridgehead atoms. The highest BCUT2D eigenvalue weighted by Crippen LogP contribution is 2.41. The fourth-order valence-electron chi connectivity index (χ4n) is 2.74. The second-order valence-corrected chi connectivity index (χ2v) is 7.13. The Morgan fingerprint density at radius 1 is 1.11 bits per heavy atom. The molecule has 0 saturated heterocycles. The second kappa shape index (κ2) is 7.96. The van der Waals surface area contributed by atoms with Crippen molar-refractivity contribution in [2.75, 3.05) is 10.6 Å². The van der Waals surface area contributed by atoms with E-state index in [-0.39, 0.29) is 22.9 Å².